The lowest BCUT2D eigenvalue weighted by Gasteiger charge is -2.33. The van der Waals surface area contributed by atoms with Crippen LogP contribution in [0.2, 0.25) is 0 Å². The average molecular weight is 269 g/mol. The van der Waals surface area contributed by atoms with Gasteiger partial charge in [0.2, 0.25) is 5.91 Å². The molecule has 0 aromatic carbocycles. The van der Waals surface area contributed by atoms with E-state index in [1.165, 1.54) is 0 Å². The number of amides is 1. The molecule has 0 bridgehead atoms. The van der Waals surface area contributed by atoms with Crippen LogP contribution < -0.4 is 0 Å². The van der Waals surface area contributed by atoms with E-state index < -0.39 is 17.8 Å². The third-order valence-corrected chi connectivity index (χ3v) is 3.51. The number of hydrogen-bond donors (Lipinski definition) is 1. The molecule has 1 rings (SSSR count). The van der Waals surface area contributed by atoms with Crippen molar-refractivity contribution in [2.75, 3.05) is 20.3 Å². The molecule has 108 valence electrons. The lowest BCUT2D eigenvalue weighted by molar-refractivity contribution is -0.151. The first-order valence-electron chi connectivity index (χ1n) is 6.66. The molecule has 2 atom stereocenters. The molecule has 0 saturated carbocycles. The van der Waals surface area contributed by atoms with Crippen LogP contribution in [-0.4, -0.2) is 48.2 Å². The molecule has 0 saturated heterocycles. The molecule has 5 heteroatoms. The second-order valence-corrected chi connectivity index (χ2v) is 5.11. The van der Waals surface area contributed by atoms with Crippen molar-refractivity contribution in [2.24, 2.45) is 11.8 Å². The zero-order valence-corrected chi connectivity index (χ0v) is 11.8. The van der Waals surface area contributed by atoms with Crippen molar-refractivity contribution in [3.8, 4) is 0 Å². The van der Waals surface area contributed by atoms with E-state index in [-0.39, 0.29) is 11.9 Å². The van der Waals surface area contributed by atoms with Crippen LogP contribution in [0.3, 0.4) is 0 Å². The van der Waals surface area contributed by atoms with Gasteiger partial charge < -0.3 is 14.7 Å². The molecular weight excluding hydrogens is 246 g/mol. The number of aliphatic carboxylic acids is 1. The number of hydrogen-bond acceptors (Lipinski definition) is 3. The van der Waals surface area contributed by atoms with Crippen molar-refractivity contribution in [1.29, 1.82) is 0 Å². The Morgan fingerprint density at radius 3 is 2.37 bits per heavy atom. The number of carboxylic acid groups (broad SMARTS) is 1. The van der Waals surface area contributed by atoms with Gasteiger partial charge in [0.1, 0.15) is 0 Å². The van der Waals surface area contributed by atoms with Gasteiger partial charge in [-0.2, -0.15) is 0 Å². The average Bonchev–Trinajstić information content (AvgIpc) is 2.38. The van der Waals surface area contributed by atoms with Gasteiger partial charge >= 0.3 is 5.97 Å². The van der Waals surface area contributed by atoms with Gasteiger partial charge in [-0.15, -0.1) is 0 Å². The summed E-state index contributed by atoms with van der Waals surface area (Å²) >= 11 is 0. The second kappa shape index (κ2) is 7.28. The molecule has 2 unspecified atom stereocenters. The lowest BCUT2D eigenvalue weighted by Crippen LogP contribution is -2.46. The summed E-state index contributed by atoms with van der Waals surface area (Å²) in [6.07, 6.45) is 4.68. The molecule has 0 radical (unpaired) electrons. The molecule has 1 N–H and O–H groups in total. The van der Waals surface area contributed by atoms with E-state index in [9.17, 15) is 14.7 Å². The molecule has 0 aromatic heterocycles. The third kappa shape index (κ3) is 4.06. The van der Waals surface area contributed by atoms with Crippen LogP contribution in [-0.2, 0) is 14.3 Å². The number of methoxy groups -OCH3 is 1. The van der Waals surface area contributed by atoms with E-state index in [0.29, 0.717) is 26.0 Å². The summed E-state index contributed by atoms with van der Waals surface area (Å²) in [6, 6.07) is 0.0444. The number of carbonyl (C=O) groups excluding carboxylic acids is 1. The maximum atomic E-state index is 12.5. The van der Waals surface area contributed by atoms with E-state index in [1.807, 2.05) is 26.0 Å². The Kier molecular flexibility index (Phi) is 6.02. The fourth-order valence-corrected chi connectivity index (χ4v) is 2.39. The molecule has 5 nitrogen and oxygen atoms in total. The number of nitrogens with zero attached hydrogens (tertiary/aromatic N) is 1. The van der Waals surface area contributed by atoms with Crippen LogP contribution in [0.1, 0.15) is 26.7 Å². The van der Waals surface area contributed by atoms with Gasteiger partial charge in [0.15, 0.2) is 0 Å². The van der Waals surface area contributed by atoms with Crippen molar-refractivity contribution in [1.82, 2.24) is 4.90 Å². The van der Waals surface area contributed by atoms with Crippen molar-refractivity contribution in [3.05, 3.63) is 12.2 Å². The van der Waals surface area contributed by atoms with Crippen LogP contribution in [0.4, 0.5) is 0 Å². The van der Waals surface area contributed by atoms with Gasteiger partial charge in [-0.25, -0.2) is 0 Å². The standard InChI is InChI=1S/C14H23NO4/c1-10(2)15(8-9-19-3)13(16)11-6-4-5-7-12(11)14(17)18/h4-5,10-12H,6-9H2,1-3H3,(H,17,18). The summed E-state index contributed by atoms with van der Waals surface area (Å²) in [6.45, 7) is 4.83. The lowest BCUT2D eigenvalue weighted by atomic mass is 9.82. The molecule has 1 aliphatic rings. The number of carbonyl (C=O) groups is 2. The van der Waals surface area contributed by atoms with Gasteiger partial charge in [0, 0.05) is 19.7 Å². The molecule has 0 spiro atoms. The van der Waals surface area contributed by atoms with Crippen LogP contribution in [0.15, 0.2) is 12.2 Å². The molecular formula is C14H23NO4. The Hall–Kier alpha value is -1.36. The summed E-state index contributed by atoms with van der Waals surface area (Å²) in [5.41, 5.74) is 0. The molecule has 19 heavy (non-hydrogen) atoms. The monoisotopic (exact) mass is 269 g/mol. The Labute approximate surface area is 114 Å². The van der Waals surface area contributed by atoms with Crippen LogP contribution >= 0.6 is 0 Å². The first-order valence-corrected chi connectivity index (χ1v) is 6.66. The zero-order valence-electron chi connectivity index (χ0n) is 11.8. The van der Waals surface area contributed by atoms with Crippen LogP contribution in [0, 0.1) is 11.8 Å². The van der Waals surface area contributed by atoms with Gasteiger partial charge in [-0.1, -0.05) is 12.2 Å². The largest absolute Gasteiger partial charge is 0.481 e. The fourth-order valence-electron chi connectivity index (χ4n) is 2.39. The normalized spacial score (nSPS) is 22.5. The van der Waals surface area contributed by atoms with Gasteiger partial charge in [0.05, 0.1) is 18.4 Å². The van der Waals surface area contributed by atoms with E-state index in [4.69, 9.17) is 4.74 Å². The van der Waals surface area contributed by atoms with E-state index in [1.54, 1.807) is 12.0 Å². The zero-order chi connectivity index (χ0) is 14.4. The first kappa shape index (κ1) is 15.7. The van der Waals surface area contributed by atoms with Gasteiger partial charge in [0.25, 0.3) is 0 Å². The molecule has 0 heterocycles. The minimum Gasteiger partial charge on any atom is -0.481 e. The summed E-state index contributed by atoms with van der Waals surface area (Å²) in [4.78, 5) is 25.5. The minimum atomic E-state index is -0.891. The summed E-state index contributed by atoms with van der Waals surface area (Å²) in [7, 11) is 1.59. The number of rotatable bonds is 6. The number of ether oxygens (including phenoxy) is 1. The summed E-state index contributed by atoms with van der Waals surface area (Å²) < 4.78 is 5.01. The SMILES string of the molecule is COCCN(C(=O)C1CC=CCC1C(=O)O)C(C)C. The molecule has 0 aromatic rings. The topological polar surface area (TPSA) is 66.8 Å². The Balaban J connectivity index is 2.81. The second-order valence-electron chi connectivity index (χ2n) is 5.11. The molecule has 0 fully saturated rings. The predicted octanol–water partition coefficient (Wildman–Crippen LogP) is 1.54. The molecule has 1 aliphatic carbocycles. The summed E-state index contributed by atoms with van der Waals surface area (Å²) in [5.74, 6) is -2.04. The fraction of sp³-hybridized carbons (Fsp3) is 0.714. The van der Waals surface area contributed by atoms with E-state index in [2.05, 4.69) is 0 Å². The maximum absolute atomic E-state index is 12.5. The third-order valence-electron chi connectivity index (χ3n) is 3.51. The van der Waals surface area contributed by atoms with Gasteiger partial charge in [-0.3, -0.25) is 9.59 Å². The van der Waals surface area contributed by atoms with Crippen molar-refractivity contribution in [2.45, 2.75) is 32.7 Å². The molecule has 0 aliphatic heterocycles. The molecule has 1 amide bonds. The highest BCUT2D eigenvalue weighted by Gasteiger charge is 2.36. The van der Waals surface area contributed by atoms with Crippen molar-refractivity contribution < 1.29 is 19.4 Å². The highest BCUT2D eigenvalue weighted by atomic mass is 16.5. The number of carboxylic acids is 1. The van der Waals surface area contributed by atoms with Crippen molar-refractivity contribution >= 4 is 11.9 Å². The Morgan fingerprint density at radius 2 is 1.89 bits per heavy atom. The minimum absolute atomic E-state index is 0.0444. The quantitative estimate of drug-likeness (QED) is 0.743. The number of allylic oxidation sites excluding steroid dienone is 2. The maximum Gasteiger partial charge on any atom is 0.307 e. The van der Waals surface area contributed by atoms with E-state index in [0.717, 1.165) is 0 Å². The smallest absolute Gasteiger partial charge is 0.307 e. The highest BCUT2D eigenvalue weighted by molar-refractivity contribution is 5.85. The van der Waals surface area contributed by atoms with E-state index >= 15 is 0 Å². The highest BCUT2D eigenvalue weighted by Crippen LogP contribution is 2.28. The predicted molar refractivity (Wildman–Crippen MR) is 71.7 cm³/mol. The van der Waals surface area contributed by atoms with Gasteiger partial charge in [-0.05, 0) is 26.7 Å². The van der Waals surface area contributed by atoms with Crippen LogP contribution in [0.25, 0.3) is 0 Å². The Morgan fingerprint density at radius 1 is 1.32 bits per heavy atom. The summed E-state index contributed by atoms with van der Waals surface area (Å²) in [5, 5.41) is 9.22. The first-order chi connectivity index (χ1) is 8.99. The van der Waals surface area contributed by atoms with Crippen LogP contribution in [0.5, 0.6) is 0 Å². The van der Waals surface area contributed by atoms with Crippen molar-refractivity contribution in [3.63, 3.8) is 0 Å². The Bertz CT molecular complexity index is 351.